The first-order chi connectivity index (χ1) is 8.58. The fourth-order valence-electron chi connectivity index (χ4n) is 1.61. The number of carbonyl (C=O) groups is 1. The lowest BCUT2D eigenvalue weighted by Crippen LogP contribution is -2.29. The van der Waals surface area contributed by atoms with Crippen molar-refractivity contribution in [2.75, 3.05) is 14.2 Å². The minimum atomic E-state index is -1.25. The molecule has 0 saturated heterocycles. The van der Waals surface area contributed by atoms with Gasteiger partial charge in [0.25, 0.3) is 0 Å². The Balaban J connectivity index is 2.91. The largest absolute Gasteiger partial charge is 0.497 e. The van der Waals surface area contributed by atoms with Crippen LogP contribution >= 0.6 is 0 Å². The lowest BCUT2D eigenvalue weighted by Gasteiger charge is -2.07. The van der Waals surface area contributed by atoms with E-state index in [1.54, 1.807) is 6.07 Å². The summed E-state index contributed by atoms with van der Waals surface area (Å²) in [6.07, 6.45) is 0. The maximum Gasteiger partial charge on any atom is 0.357 e. The highest BCUT2D eigenvalue weighted by atomic mass is 16.7. The zero-order valence-corrected chi connectivity index (χ0v) is 9.71. The Labute approximate surface area is 101 Å². The van der Waals surface area contributed by atoms with Crippen molar-refractivity contribution in [2.45, 2.75) is 0 Å². The number of carboxylic acid groups (broad SMARTS) is 1. The number of aromatic carboxylic acids is 1. The van der Waals surface area contributed by atoms with E-state index < -0.39 is 11.5 Å². The van der Waals surface area contributed by atoms with Crippen LogP contribution in [-0.2, 0) is 0 Å². The van der Waals surface area contributed by atoms with Gasteiger partial charge in [0.15, 0.2) is 5.69 Å². The van der Waals surface area contributed by atoms with Crippen molar-refractivity contribution in [3.63, 3.8) is 0 Å². The molecule has 0 atom stereocenters. The molecule has 0 aliphatic rings. The first kappa shape index (κ1) is 11.9. The van der Waals surface area contributed by atoms with Gasteiger partial charge in [0, 0.05) is 5.39 Å². The second-order valence-corrected chi connectivity index (χ2v) is 3.43. The predicted octanol–water partition coefficient (Wildman–Crippen LogP) is 0.162. The van der Waals surface area contributed by atoms with Gasteiger partial charge in [-0.15, -0.1) is 5.10 Å². The fraction of sp³-hybridized carbons (Fsp3) is 0.182. The van der Waals surface area contributed by atoms with Crippen LogP contribution in [0.25, 0.3) is 10.8 Å². The molecule has 2 aromatic rings. The molecule has 0 fully saturated rings. The first-order valence-electron chi connectivity index (χ1n) is 4.97. The lowest BCUT2D eigenvalue weighted by molar-refractivity contribution is 0.0669. The van der Waals surface area contributed by atoms with Gasteiger partial charge >= 0.3 is 11.5 Å². The molecule has 0 aliphatic carbocycles. The molecule has 94 valence electrons. The Hall–Kier alpha value is -2.57. The van der Waals surface area contributed by atoms with E-state index in [2.05, 4.69) is 5.10 Å². The van der Waals surface area contributed by atoms with Gasteiger partial charge in [-0.3, -0.25) is 4.79 Å². The highest BCUT2D eigenvalue weighted by molar-refractivity contribution is 6.01. The van der Waals surface area contributed by atoms with Gasteiger partial charge in [-0.25, -0.2) is 4.79 Å². The molecule has 0 spiro atoms. The predicted molar refractivity (Wildman–Crippen MR) is 62.0 cm³/mol. The van der Waals surface area contributed by atoms with Crippen molar-refractivity contribution in [3.05, 3.63) is 34.2 Å². The lowest BCUT2D eigenvalue weighted by atomic mass is 10.1. The van der Waals surface area contributed by atoms with Gasteiger partial charge in [0.05, 0.1) is 12.5 Å². The monoisotopic (exact) mass is 250 g/mol. The molecule has 2 rings (SSSR count). The third-order valence-electron chi connectivity index (χ3n) is 2.45. The van der Waals surface area contributed by atoms with E-state index in [9.17, 15) is 9.59 Å². The number of aromatic nitrogens is 2. The van der Waals surface area contributed by atoms with E-state index >= 15 is 0 Å². The smallest absolute Gasteiger partial charge is 0.357 e. The average Bonchev–Trinajstić information content (AvgIpc) is 2.38. The summed E-state index contributed by atoms with van der Waals surface area (Å²) in [7, 11) is 2.68. The molecule has 7 heteroatoms. The molecule has 0 aliphatic heterocycles. The van der Waals surface area contributed by atoms with Crippen molar-refractivity contribution in [1.29, 1.82) is 0 Å². The molecule has 0 unspecified atom stereocenters. The Morgan fingerprint density at radius 1 is 1.33 bits per heavy atom. The van der Waals surface area contributed by atoms with Crippen molar-refractivity contribution in [3.8, 4) is 5.75 Å². The summed E-state index contributed by atoms with van der Waals surface area (Å²) in [6.45, 7) is 0. The standard InChI is InChI=1S/C11H10N2O5/c1-17-6-3-4-7-8(5-6)9(11(15)16)12-13(18-2)10(7)14/h3-5H,1-2H3,(H,15,16). The molecule has 0 bridgehead atoms. The summed E-state index contributed by atoms with van der Waals surface area (Å²) in [4.78, 5) is 28.3. The van der Waals surface area contributed by atoms with Crippen LogP contribution in [0.5, 0.6) is 5.75 Å². The summed E-state index contributed by atoms with van der Waals surface area (Å²) in [5.41, 5.74) is -0.800. The van der Waals surface area contributed by atoms with Crippen molar-refractivity contribution >= 4 is 16.7 Å². The third-order valence-corrected chi connectivity index (χ3v) is 2.45. The van der Waals surface area contributed by atoms with Crippen LogP contribution in [0.15, 0.2) is 23.0 Å². The summed E-state index contributed by atoms with van der Waals surface area (Å²) in [5.74, 6) is -0.805. The Morgan fingerprint density at radius 3 is 2.61 bits per heavy atom. The number of carboxylic acids is 1. The van der Waals surface area contributed by atoms with Crippen molar-refractivity contribution in [2.24, 2.45) is 0 Å². The molecule has 18 heavy (non-hydrogen) atoms. The number of fused-ring (bicyclic) bond motifs is 1. The number of ether oxygens (including phenoxy) is 1. The molecule has 0 saturated carbocycles. The van der Waals surface area contributed by atoms with Crippen LogP contribution < -0.4 is 15.1 Å². The van der Waals surface area contributed by atoms with Crippen molar-refractivity contribution < 1.29 is 19.5 Å². The van der Waals surface area contributed by atoms with Crippen LogP contribution in [-0.4, -0.2) is 35.2 Å². The van der Waals surface area contributed by atoms with E-state index in [4.69, 9.17) is 14.7 Å². The highest BCUT2D eigenvalue weighted by Crippen LogP contribution is 2.20. The quantitative estimate of drug-likeness (QED) is 0.834. The molecule has 7 nitrogen and oxygen atoms in total. The highest BCUT2D eigenvalue weighted by Gasteiger charge is 2.16. The van der Waals surface area contributed by atoms with Gasteiger partial charge in [0.1, 0.15) is 12.9 Å². The van der Waals surface area contributed by atoms with E-state index in [0.29, 0.717) is 10.6 Å². The molecular weight excluding hydrogens is 240 g/mol. The summed E-state index contributed by atoms with van der Waals surface area (Å²) in [5, 5.41) is 13.1. The number of hydrogen-bond donors (Lipinski definition) is 1. The Kier molecular flexibility index (Phi) is 2.88. The normalized spacial score (nSPS) is 10.3. The number of hydrogen-bond acceptors (Lipinski definition) is 5. The van der Waals surface area contributed by atoms with E-state index in [1.807, 2.05) is 0 Å². The molecule has 1 heterocycles. The van der Waals surface area contributed by atoms with E-state index in [1.165, 1.54) is 26.4 Å². The maximum absolute atomic E-state index is 11.9. The number of nitrogens with zero attached hydrogens (tertiary/aromatic N) is 2. The maximum atomic E-state index is 11.9. The second-order valence-electron chi connectivity index (χ2n) is 3.43. The number of benzene rings is 1. The molecule has 1 aromatic heterocycles. The van der Waals surface area contributed by atoms with Gasteiger partial charge in [-0.05, 0) is 18.2 Å². The molecule has 0 amide bonds. The Morgan fingerprint density at radius 2 is 2.06 bits per heavy atom. The average molecular weight is 250 g/mol. The summed E-state index contributed by atoms with van der Waals surface area (Å²) < 4.78 is 4.99. The molecule has 1 aromatic carbocycles. The SMILES string of the molecule is COc1ccc2c(=O)n(OC)nc(C(=O)O)c2c1. The molecule has 0 radical (unpaired) electrons. The van der Waals surface area contributed by atoms with Crippen LogP contribution in [0.3, 0.4) is 0 Å². The number of rotatable bonds is 3. The zero-order valence-electron chi connectivity index (χ0n) is 9.71. The topological polar surface area (TPSA) is 90.7 Å². The van der Waals surface area contributed by atoms with E-state index in [0.717, 1.165) is 0 Å². The number of methoxy groups -OCH3 is 1. The van der Waals surface area contributed by atoms with Gasteiger partial charge in [0.2, 0.25) is 0 Å². The minimum Gasteiger partial charge on any atom is -0.497 e. The molecular formula is C11H10N2O5. The van der Waals surface area contributed by atoms with E-state index in [-0.39, 0.29) is 16.5 Å². The van der Waals surface area contributed by atoms with Gasteiger partial charge in [-0.2, -0.15) is 0 Å². The third kappa shape index (κ3) is 1.75. The van der Waals surface area contributed by atoms with Crippen LogP contribution in [0.2, 0.25) is 0 Å². The first-order valence-corrected chi connectivity index (χ1v) is 4.97. The minimum absolute atomic E-state index is 0.199. The van der Waals surface area contributed by atoms with Gasteiger partial charge < -0.3 is 14.7 Å². The van der Waals surface area contributed by atoms with Gasteiger partial charge in [-0.1, -0.05) is 4.85 Å². The van der Waals surface area contributed by atoms with Crippen LogP contribution in [0.1, 0.15) is 10.5 Å². The summed E-state index contributed by atoms with van der Waals surface area (Å²) in [6, 6.07) is 4.49. The zero-order chi connectivity index (χ0) is 13.3. The Bertz CT molecular complexity index is 677. The summed E-state index contributed by atoms with van der Waals surface area (Å²) >= 11 is 0. The second kappa shape index (κ2) is 4.36. The fourth-order valence-corrected chi connectivity index (χ4v) is 1.61. The van der Waals surface area contributed by atoms with Crippen LogP contribution in [0, 0.1) is 0 Å². The molecule has 1 N–H and O–H groups in total. The van der Waals surface area contributed by atoms with Crippen LogP contribution in [0.4, 0.5) is 0 Å². The van der Waals surface area contributed by atoms with Crippen molar-refractivity contribution in [1.82, 2.24) is 9.94 Å².